The third-order valence-corrected chi connectivity index (χ3v) is 3.27. The normalized spacial score (nSPS) is 13.2. The quantitative estimate of drug-likeness (QED) is 0.880. The molecule has 1 aromatic heterocycles. The van der Waals surface area contributed by atoms with E-state index < -0.39 is 0 Å². The number of aliphatic hydroxyl groups is 1. The largest absolute Gasteiger partial charge is 0.391 e. The molecular weight excluding hydrogens is 212 g/mol. The van der Waals surface area contributed by atoms with Crippen molar-refractivity contribution in [2.75, 3.05) is 0 Å². The smallest absolute Gasteiger partial charge is 0.0959 e. The first-order chi connectivity index (χ1) is 8.11. The van der Waals surface area contributed by atoms with Gasteiger partial charge in [-0.15, -0.1) is 0 Å². The van der Waals surface area contributed by atoms with Gasteiger partial charge in [0.2, 0.25) is 0 Å². The van der Waals surface area contributed by atoms with Crippen LogP contribution in [0.1, 0.15) is 30.9 Å². The molecule has 0 spiro atoms. The van der Waals surface area contributed by atoms with Gasteiger partial charge in [-0.1, -0.05) is 13.3 Å². The van der Waals surface area contributed by atoms with Crippen LogP contribution >= 0.6 is 0 Å². The van der Waals surface area contributed by atoms with Gasteiger partial charge in [0.1, 0.15) is 0 Å². The molecule has 0 amide bonds. The zero-order valence-electron chi connectivity index (χ0n) is 10.8. The predicted octanol–water partition coefficient (Wildman–Crippen LogP) is 2.81. The molecule has 2 rings (SSSR count). The summed E-state index contributed by atoms with van der Waals surface area (Å²) in [5.41, 5.74) is 4.65. The Morgan fingerprint density at radius 2 is 2.00 bits per heavy atom. The Labute approximate surface area is 102 Å². The fourth-order valence-electron chi connectivity index (χ4n) is 2.11. The summed E-state index contributed by atoms with van der Waals surface area (Å²) in [6.07, 6.45) is 3.39. The molecule has 92 valence electrons. The monoisotopic (exact) mass is 232 g/mol. The lowest BCUT2D eigenvalue weighted by Crippen LogP contribution is -2.14. The summed E-state index contributed by atoms with van der Waals surface area (Å²) in [5.74, 6) is 0. The van der Waals surface area contributed by atoms with E-state index in [9.17, 15) is 5.11 Å². The number of hydrogen-bond donors (Lipinski definition) is 1. The van der Waals surface area contributed by atoms with Crippen molar-refractivity contribution in [2.24, 2.45) is 0 Å². The molecule has 2 aromatic rings. The number of imidazole rings is 1. The lowest BCUT2D eigenvalue weighted by Gasteiger charge is -2.11. The van der Waals surface area contributed by atoms with E-state index >= 15 is 0 Å². The average Bonchev–Trinajstić information content (AvgIpc) is 2.63. The van der Waals surface area contributed by atoms with Gasteiger partial charge in [-0.2, -0.15) is 0 Å². The van der Waals surface area contributed by atoms with E-state index in [2.05, 4.69) is 37.9 Å². The maximum Gasteiger partial charge on any atom is 0.0959 e. The molecule has 3 heteroatoms. The highest BCUT2D eigenvalue weighted by atomic mass is 16.3. The Bertz CT molecular complexity index is 516. The maximum atomic E-state index is 9.86. The Morgan fingerprint density at radius 1 is 1.29 bits per heavy atom. The van der Waals surface area contributed by atoms with Gasteiger partial charge in [0, 0.05) is 0 Å². The second kappa shape index (κ2) is 4.88. The minimum atomic E-state index is -0.279. The van der Waals surface area contributed by atoms with Crippen molar-refractivity contribution < 1.29 is 5.11 Å². The van der Waals surface area contributed by atoms with Gasteiger partial charge in [0.15, 0.2) is 0 Å². The summed E-state index contributed by atoms with van der Waals surface area (Å²) in [4.78, 5) is 4.39. The summed E-state index contributed by atoms with van der Waals surface area (Å²) in [6, 6.07) is 4.25. The fourth-order valence-corrected chi connectivity index (χ4v) is 2.11. The Morgan fingerprint density at radius 3 is 2.71 bits per heavy atom. The van der Waals surface area contributed by atoms with Gasteiger partial charge in [-0.05, 0) is 43.5 Å². The summed E-state index contributed by atoms with van der Waals surface area (Å²) in [5, 5.41) is 9.86. The molecule has 1 aromatic carbocycles. The number of fused-ring (bicyclic) bond motifs is 1. The van der Waals surface area contributed by atoms with E-state index in [0.717, 1.165) is 23.9 Å². The zero-order valence-corrected chi connectivity index (χ0v) is 10.8. The van der Waals surface area contributed by atoms with Crippen LogP contribution in [-0.2, 0) is 6.54 Å². The molecular formula is C14H20N2O. The molecule has 1 N–H and O–H groups in total. The van der Waals surface area contributed by atoms with Crippen molar-refractivity contribution >= 4 is 11.0 Å². The van der Waals surface area contributed by atoms with Crippen molar-refractivity contribution in [1.29, 1.82) is 0 Å². The molecule has 0 bridgehead atoms. The third-order valence-electron chi connectivity index (χ3n) is 3.27. The first-order valence-corrected chi connectivity index (χ1v) is 6.22. The van der Waals surface area contributed by atoms with E-state index in [1.807, 2.05) is 10.9 Å². The van der Waals surface area contributed by atoms with Crippen LogP contribution in [0, 0.1) is 13.8 Å². The van der Waals surface area contributed by atoms with E-state index in [0.29, 0.717) is 6.54 Å². The van der Waals surface area contributed by atoms with Crippen molar-refractivity contribution in [1.82, 2.24) is 9.55 Å². The number of benzene rings is 1. The Hall–Kier alpha value is -1.35. The van der Waals surface area contributed by atoms with Crippen molar-refractivity contribution in [3.05, 3.63) is 29.6 Å². The molecule has 0 radical (unpaired) electrons. The lowest BCUT2D eigenvalue weighted by atomic mass is 10.1. The SMILES string of the molecule is CCCC(O)Cn1cnc2cc(C)c(C)cc21. The van der Waals surface area contributed by atoms with Crippen LogP contribution < -0.4 is 0 Å². The molecule has 1 atom stereocenters. The van der Waals surface area contributed by atoms with E-state index in [4.69, 9.17) is 0 Å². The Kier molecular flexibility index (Phi) is 3.48. The highest BCUT2D eigenvalue weighted by Gasteiger charge is 2.08. The lowest BCUT2D eigenvalue weighted by molar-refractivity contribution is 0.145. The maximum absolute atomic E-state index is 9.86. The minimum absolute atomic E-state index is 0.279. The predicted molar refractivity (Wildman–Crippen MR) is 70.1 cm³/mol. The van der Waals surface area contributed by atoms with Crippen molar-refractivity contribution in [3.63, 3.8) is 0 Å². The summed E-state index contributed by atoms with van der Waals surface area (Å²) >= 11 is 0. The summed E-state index contributed by atoms with van der Waals surface area (Å²) < 4.78 is 2.04. The number of aliphatic hydroxyl groups excluding tert-OH is 1. The van der Waals surface area contributed by atoms with E-state index in [1.54, 1.807) is 0 Å². The van der Waals surface area contributed by atoms with Crippen molar-refractivity contribution in [3.8, 4) is 0 Å². The van der Waals surface area contributed by atoms with Gasteiger partial charge < -0.3 is 9.67 Å². The average molecular weight is 232 g/mol. The molecule has 0 saturated heterocycles. The van der Waals surface area contributed by atoms with Crippen LogP contribution in [0.3, 0.4) is 0 Å². The van der Waals surface area contributed by atoms with Crippen LogP contribution in [0.5, 0.6) is 0 Å². The fraction of sp³-hybridized carbons (Fsp3) is 0.500. The zero-order chi connectivity index (χ0) is 12.4. The molecule has 1 heterocycles. The molecule has 1 unspecified atom stereocenters. The highest BCUT2D eigenvalue weighted by Crippen LogP contribution is 2.19. The second-order valence-corrected chi connectivity index (χ2v) is 4.76. The molecule has 17 heavy (non-hydrogen) atoms. The third kappa shape index (κ3) is 2.50. The number of nitrogens with zero attached hydrogens (tertiary/aromatic N) is 2. The van der Waals surface area contributed by atoms with E-state index in [-0.39, 0.29) is 6.10 Å². The van der Waals surface area contributed by atoms with Gasteiger partial charge in [-0.3, -0.25) is 0 Å². The first-order valence-electron chi connectivity index (χ1n) is 6.22. The van der Waals surface area contributed by atoms with Crippen molar-refractivity contribution in [2.45, 2.75) is 46.3 Å². The van der Waals surface area contributed by atoms with Crippen LogP contribution in [0.2, 0.25) is 0 Å². The van der Waals surface area contributed by atoms with Gasteiger partial charge in [-0.25, -0.2) is 4.98 Å². The molecule has 3 nitrogen and oxygen atoms in total. The summed E-state index contributed by atoms with van der Waals surface area (Å²) in [7, 11) is 0. The molecule has 0 fully saturated rings. The van der Waals surface area contributed by atoms with Crippen LogP contribution in [-0.4, -0.2) is 20.8 Å². The number of aromatic nitrogens is 2. The number of aryl methyl sites for hydroxylation is 2. The molecule has 0 aliphatic heterocycles. The van der Waals surface area contributed by atoms with E-state index in [1.165, 1.54) is 11.1 Å². The first kappa shape index (κ1) is 12.1. The van der Waals surface area contributed by atoms with Gasteiger partial charge in [0.05, 0.1) is 30.0 Å². The molecule has 0 saturated carbocycles. The highest BCUT2D eigenvalue weighted by molar-refractivity contribution is 5.77. The summed E-state index contributed by atoms with van der Waals surface area (Å²) in [6.45, 7) is 6.92. The van der Waals surface area contributed by atoms with Gasteiger partial charge in [0.25, 0.3) is 0 Å². The van der Waals surface area contributed by atoms with Crippen LogP contribution in [0.4, 0.5) is 0 Å². The number of rotatable bonds is 4. The Balaban J connectivity index is 2.32. The minimum Gasteiger partial charge on any atom is -0.391 e. The molecule has 0 aliphatic rings. The standard InChI is InChI=1S/C14H20N2O/c1-4-5-12(17)8-16-9-15-13-6-10(2)11(3)7-14(13)16/h6-7,9,12,17H,4-5,8H2,1-3H3. The molecule has 0 aliphatic carbocycles. The van der Waals surface area contributed by atoms with Crippen LogP contribution in [0.25, 0.3) is 11.0 Å². The van der Waals surface area contributed by atoms with Crippen LogP contribution in [0.15, 0.2) is 18.5 Å². The van der Waals surface area contributed by atoms with Gasteiger partial charge >= 0.3 is 0 Å². The number of hydrogen-bond acceptors (Lipinski definition) is 2. The second-order valence-electron chi connectivity index (χ2n) is 4.76. The topological polar surface area (TPSA) is 38.0 Å².